The van der Waals surface area contributed by atoms with Gasteiger partial charge in [0.25, 0.3) is 0 Å². The Morgan fingerprint density at radius 3 is 1.87 bits per heavy atom. The Morgan fingerprint density at radius 1 is 0.645 bits per heavy atom. The molecule has 0 saturated heterocycles. The molecule has 0 heterocycles. The predicted octanol–water partition coefficient (Wildman–Crippen LogP) is 6.74. The van der Waals surface area contributed by atoms with Crippen LogP contribution >= 0.6 is 0 Å². The van der Waals surface area contributed by atoms with E-state index < -0.39 is 5.97 Å². The standard InChI is InChI=1S/C26H34O5/c1-3-5-7-8-10-20-29-22-16-18-24(19-17-22)31-26(28)21-12-14-23(15-13-21)30-25(27)11-9-6-4-2/h12-19H,3-11,20H2,1-2H3. The van der Waals surface area contributed by atoms with Crippen LogP contribution in [0.4, 0.5) is 0 Å². The van der Waals surface area contributed by atoms with Crippen LogP contribution in [0.3, 0.4) is 0 Å². The molecule has 0 spiro atoms. The molecule has 0 atom stereocenters. The van der Waals surface area contributed by atoms with E-state index in [1.807, 2.05) is 0 Å². The first-order valence-corrected chi connectivity index (χ1v) is 11.4. The van der Waals surface area contributed by atoms with Crippen molar-refractivity contribution in [3.8, 4) is 17.2 Å². The molecule has 2 rings (SSSR count). The molecule has 0 radical (unpaired) electrons. The first kappa shape index (κ1) is 24.4. The molecule has 0 N–H and O–H groups in total. The van der Waals surface area contributed by atoms with Gasteiger partial charge in [0.15, 0.2) is 0 Å². The highest BCUT2D eigenvalue weighted by atomic mass is 16.5. The van der Waals surface area contributed by atoms with E-state index in [-0.39, 0.29) is 5.97 Å². The summed E-state index contributed by atoms with van der Waals surface area (Å²) < 4.78 is 16.4. The number of unbranched alkanes of at least 4 members (excludes halogenated alkanes) is 6. The minimum Gasteiger partial charge on any atom is -0.494 e. The fraction of sp³-hybridized carbons (Fsp3) is 0.462. The molecule has 2 aromatic carbocycles. The monoisotopic (exact) mass is 426 g/mol. The van der Waals surface area contributed by atoms with Gasteiger partial charge in [0.2, 0.25) is 0 Å². The Labute approximate surface area is 185 Å². The van der Waals surface area contributed by atoms with Gasteiger partial charge in [-0.2, -0.15) is 0 Å². The van der Waals surface area contributed by atoms with Crippen molar-refractivity contribution in [3.63, 3.8) is 0 Å². The van der Waals surface area contributed by atoms with Gasteiger partial charge < -0.3 is 14.2 Å². The van der Waals surface area contributed by atoms with E-state index >= 15 is 0 Å². The molecule has 0 aliphatic heterocycles. The summed E-state index contributed by atoms with van der Waals surface area (Å²) in [5.74, 6) is 0.916. The summed E-state index contributed by atoms with van der Waals surface area (Å²) in [6.07, 6.45) is 9.26. The molecular formula is C26H34O5. The molecule has 0 amide bonds. The van der Waals surface area contributed by atoms with Crippen molar-refractivity contribution >= 4 is 11.9 Å². The first-order valence-electron chi connectivity index (χ1n) is 11.4. The van der Waals surface area contributed by atoms with Crippen molar-refractivity contribution < 1.29 is 23.8 Å². The molecule has 0 aromatic heterocycles. The summed E-state index contributed by atoms with van der Waals surface area (Å²) in [5, 5.41) is 0. The number of hydrogen-bond acceptors (Lipinski definition) is 5. The summed E-state index contributed by atoms with van der Waals surface area (Å²) >= 11 is 0. The van der Waals surface area contributed by atoms with E-state index in [2.05, 4.69) is 13.8 Å². The highest BCUT2D eigenvalue weighted by Crippen LogP contribution is 2.20. The topological polar surface area (TPSA) is 61.8 Å². The quantitative estimate of drug-likeness (QED) is 0.190. The van der Waals surface area contributed by atoms with Crippen molar-refractivity contribution in [1.82, 2.24) is 0 Å². The molecule has 0 unspecified atom stereocenters. The number of carbonyl (C=O) groups is 2. The lowest BCUT2D eigenvalue weighted by Crippen LogP contribution is -2.10. The SMILES string of the molecule is CCCCCCCOc1ccc(OC(=O)c2ccc(OC(=O)CCCCC)cc2)cc1. The highest BCUT2D eigenvalue weighted by molar-refractivity contribution is 5.91. The Morgan fingerprint density at radius 2 is 1.19 bits per heavy atom. The second-order valence-corrected chi connectivity index (χ2v) is 7.58. The van der Waals surface area contributed by atoms with Gasteiger partial charge in [0.1, 0.15) is 17.2 Å². The van der Waals surface area contributed by atoms with E-state index in [0.717, 1.165) is 31.4 Å². The number of ether oxygens (including phenoxy) is 3. The molecule has 0 aliphatic rings. The van der Waals surface area contributed by atoms with Gasteiger partial charge in [0, 0.05) is 6.42 Å². The van der Waals surface area contributed by atoms with Crippen molar-refractivity contribution in [2.75, 3.05) is 6.61 Å². The maximum atomic E-state index is 12.3. The molecule has 0 aliphatic carbocycles. The second kappa shape index (κ2) is 14.2. The summed E-state index contributed by atoms with van der Waals surface area (Å²) in [4.78, 5) is 24.1. The molecule has 0 bridgehead atoms. The van der Waals surface area contributed by atoms with Crippen LogP contribution in [0.2, 0.25) is 0 Å². The van der Waals surface area contributed by atoms with Crippen LogP contribution in [0.15, 0.2) is 48.5 Å². The van der Waals surface area contributed by atoms with E-state index in [1.54, 1.807) is 48.5 Å². The third kappa shape index (κ3) is 9.69. The van der Waals surface area contributed by atoms with Crippen LogP contribution in [-0.4, -0.2) is 18.5 Å². The number of carbonyl (C=O) groups excluding carboxylic acids is 2. The van der Waals surface area contributed by atoms with Crippen molar-refractivity contribution in [1.29, 1.82) is 0 Å². The zero-order valence-corrected chi connectivity index (χ0v) is 18.7. The van der Waals surface area contributed by atoms with Crippen molar-refractivity contribution in [3.05, 3.63) is 54.1 Å². The summed E-state index contributed by atoms with van der Waals surface area (Å²) in [6.45, 7) is 4.98. The van der Waals surface area contributed by atoms with Crippen LogP contribution in [0.25, 0.3) is 0 Å². The Balaban J connectivity index is 1.76. The van der Waals surface area contributed by atoms with Gasteiger partial charge >= 0.3 is 11.9 Å². The van der Waals surface area contributed by atoms with Gasteiger partial charge in [0.05, 0.1) is 12.2 Å². The van der Waals surface area contributed by atoms with E-state index in [0.29, 0.717) is 30.1 Å². The minimum absolute atomic E-state index is 0.257. The normalized spacial score (nSPS) is 10.5. The molecule has 5 heteroatoms. The fourth-order valence-corrected chi connectivity index (χ4v) is 3.03. The molecular weight excluding hydrogens is 392 g/mol. The largest absolute Gasteiger partial charge is 0.494 e. The third-order valence-corrected chi connectivity index (χ3v) is 4.86. The molecule has 0 saturated carbocycles. The summed E-state index contributed by atoms with van der Waals surface area (Å²) in [7, 11) is 0. The lowest BCUT2D eigenvalue weighted by molar-refractivity contribution is -0.134. The van der Waals surface area contributed by atoms with Crippen LogP contribution in [0.1, 0.15) is 82.0 Å². The van der Waals surface area contributed by atoms with Crippen molar-refractivity contribution in [2.24, 2.45) is 0 Å². The average Bonchev–Trinajstić information content (AvgIpc) is 2.78. The molecule has 5 nitrogen and oxygen atoms in total. The first-order chi connectivity index (χ1) is 15.1. The van der Waals surface area contributed by atoms with Gasteiger partial charge in [-0.05, 0) is 61.4 Å². The zero-order valence-electron chi connectivity index (χ0n) is 18.7. The van der Waals surface area contributed by atoms with Gasteiger partial charge in [-0.25, -0.2) is 4.79 Å². The maximum Gasteiger partial charge on any atom is 0.343 e. The Bertz CT molecular complexity index is 780. The lowest BCUT2D eigenvalue weighted by atomic mass is 10.2. The average molecular weight is 427 g/mol. The number of esters is 2. The molecule has 31 heavy (non-hydrogen) atoms. The number of rotatable bonds is 14. The summed E-state index contributed by atoms with van der Waals surface area (Å²) in [6, 6.07) is 13.4. The maximum absolute atomic E-state index is 12.3. The van der Waals surface area contributed by atoms with Crippen LogP contribution < -0.4 is 14.2 Å². The van der Waals surface area contributed by atoms with E-state index in [9.17, 15) is 9.59 Å². The molecule has 168 valence electrons. The molecule has 0 fully saturated rings. The summed E-state index contributed by atoms with van der Waals surface area (Å²) in [5.41, 5.74) is 0.387. The zero-order chi connectivity index (χ0) is 22.3. The van der Waals surface area contributed by atoms with Crippen LogP contribution in [-0.2, 0) is 4.79 Å². The second-order valence-electron chi connectivity index (χ2n) is 7.58. The Hall–Kier alpha value is -2.82. The number of hydrogen-bond donors (Lipinski definition) is 0. The van der Waals surface area contributed by atoms with Gasteiger partial charge in [-0.15, -0.1) is 0 Å². The minimum atomic E-state index is -0.467. The third-order valence-electron chi connectivity index (χ3n) is 4.86. The van der Waals surface area contributed by atoms with Crippen molar-refractivity contribution in [2.45, 2.75) is 71.6 Å². The highest BCUT2D eigenvalue weighted by Gasteiger charge is 2.10. The smallest absolute Gasteiger partial charge is 0.343 e. The van der Waals surface area contributed by atoms with E-state index in [1.165, 1.54) is 25.7 Å². The van der Waals surface area contributed by atoms with Gasteiger partial charge in [-0.1, -0.05) is 52.4 Å². The van der Waals surface area contributed by atoms with Crippen LogP contribution in [0.5, 0.6) is 17.2 Å². The van der Waals surface area contributed by atoms with Gasteiger partial charge in [-0.3, -0.25) is 4.79 Å². The molecule has 2 aromatic rings. The van der Waals surface area contributed by atoms with E-state index in [4.69, 9.17) is 14.2 Å². The van der Waals surface area contributed by atoms with Crippen LogP contribution in [0, 0.1) is 0 Å². The number of benzene rings is 2. The lowest BCUT2D eigenvalue weighted by Gasteiger charge is -2.08. The Kier molecular flexibility index (Phi) is 11.2. The predicted molar refractivity (Wildman–Crippen MR) is 122 cm³/mol. The fourth-order valence-electron chi connectivity index (χ4n) is 3.03.